The summed E-state index contributed by atoms with van der Waals surface area (Å²) in [5, 5.41) is 0. The van der Waals surface area contributed by atoms with Crippen molar-refractivity contribution in [2.24, 2.45) is 0 Å². The molecule has 0 saturated carbocycles. The van der Waals surface area contributed by atoms with Crippen LogP contribution in [0.15, 0.2) is 49.6 Å². The molecule has 0 aliphatic heterocycles. The number of hydrogen-bond donors (Lipinski definition) is 0. The van der Waals surface area contributed by atoms with Gasteiger partial charge in [0.25, 0.3) is 0 Å². The molecule has 44 valence electrons. The molecule has 0 N–H and O–H groups in total. The van der Waals surface area contributed by atoms with Gasteiger partial charge in [-0.2, -0.15) is 0 Å². The SMILES string of the molecule is C=CC=CC=CC=C.[NaH]. The second kappa shape index (κ2) is 10.9. The molecule has 1 heteroatoms. The molecule has 0 aliphatic carbocycles. The van der Waals surface area contributed by atoms with Gasteiger partial charge in [-0.05, 0) is 0 Å². The number of rotatable bonds is 3. The van der Waals surface area contributed by atoms with Gasteiger partial charge in [0, 0.05) is 0 Å². The summed E-state index contributed by atoms with van der Waals surface area (Å²) < 4.78 is 0. The summed E-state index contributed by atoms with van der Waals surface area (Å²) in [5.74, 6) is 0. The van der Waals surface area contributed by atoms with Gasteiger partial charge in [0.1, 0.15) is 0 Å². The Kier molecular flexibility index (Phi) is 14.1. The molecule has 0 nitrogen and oxygen atoms in total. The Morgan fingerprint density at radius 2 is 1.00 bits per heavy atom. The fourth-order valence-electron chi connectivity index (χ4n) is 0.285. The molecule has 0 amide bonds. The first-order chi connectivity index (χ1) is 3.91. The zero-order valence-electron chi connectivity index (χ0n) is 4.88. The number of hydrogen-bond acceptors (Lipinski definition) is 0. The normalized spacial score (nSPS) is 9.33. The maximum absolute atomic E-state index is 3.51. The van der Waals surface area contributed by atoms with E-state index in [0.29, 0.717) is 0 Å². The van der Waals surface area contributed by atoms with Crippen molar-refractivity contribution in [2.45, 2.75) is 0 Å². The molecule has 0 fully saturated rings. The van der Waals surface area contributed by atoms with E-state index in [-0.39, 0.29) is 29.6 Å². The molecule has 0 heterocycles. The molecule has 9 heavy (non-hydrogen) atoms. The summed E-state index contributed by atoms with van der Waals surface area (Å²) in [6.07, 6.45) is 11.0. The predicted molar refractivity (Wildman–Crippen MR) is 45.8 cm³/mol. The van der Waals surface area contributed by atoms with Crippen molar-refractivity contribution in [1.82, 2.24) is 0 Å². The van der Waals surface area contributed by atoms with Crippen LogP contribution in [0, 0.1) is 0 Å². The van der Waals surface area contributed by atoms with Crippen LogP contribution < -0.4 is 0 Å². The standard InChI is InChI=1S/C8H10.Na.H/c1-3-5-7-8-6-4-2;;/h3-8H,1-2H2;;. The summed E-state index contributed by atoms with van der Waals surface area (Å²) in [6.45, 7) is 7.02. The zero-order valence-corrected chi connectivity index (χ0v) is 4.88. The molecular formula is C8H11Na. The topological polar surface area (TPSA) is 0 Å². The van der Waals surface area contributed by atoms with Crippen LogP contribution in [0.5, 0.6) is 0 Å². The third kappa shape index (κ3) is 11.5. The molecule has 0 spiro atoms. The Morgan fingerprint density at radius 3 is 1.22 bits per heavy atom. The van der Waals surface area contributed by atoms with Crippen molar-refractivity contribution in [3.05, 3.63) is 49.6 Å². The number of allylic oxidation sites excluding steroid dienone is 6. The molecule has 0 bridgehead atoms. The van der Waals surface area contributed by atoms with Gasteiger partial charge >= 0.3 is 29.6 Å². The third-order valence-electron chi connectivity index (χ3n) is 0.605. The van der Waals surface area contributed by atoms with Crippen LogP contribution in [-0.4, -0.2) is 29.6 Å². The van der Waals surface area contributed by atoms with Crippen molar-refractivity contribution in [2.75, 3.05) is 0 Å². The van der Waals surface area contributed by atoms with E-state index in [1.807, 2.05) is 24.3 Å². The van der Waals surface area contributed by atoms with Crippen LogP contribution in [0.2, 0.25) is 0 Å². The van der Waals surface area contributed by atoms with Crippen molar-refractivity contribution < 1.29 is 0 Å². The predicted octanol–water partition coefficient (Wildman–Crippen LogP) is 1.82. The van der Waals surface area contributed by atoms with E-state index in [4.69, 9.17) is 0 Å². The van der Waals surface area contributed by atoms with Gasteiger partial charge in [0.2, 0.25) is 0 Å². The van der Waals surface area contributed by atoms with Crippen LogP contribution in [0.3, 0.4) is 0 Å². The van der Waals surface area contributed by atoms with Gasteiger partial charge in [-0.15, -0.1) is 0 Å². The Hall–Kier alpha value is -0.0400. The van der Waals surface area contributed by atoms with E-state index >= 15 is 0 Å². The fourth-order valence-corrected chi connectivity index (χ4v) is 0.285. The van der Waals surface area contributed by atoms with E-state index in [9.17, 15) is 0 Å². The van der Waals surface area contributed by atoms with Gasteiger partial charge in [0.15, 0.2) is 0 Å². The quantitative estimate of drug-likeness (QED) is 0.404. The van der Waals surface area contributed by atoms with Crippen molar-refractivity contribution in [3.8, 4) is 0 Å². The van der Waals surface area contributed by atoms with Gasteiger partial charge < -0.3 is 0 Å². The van der Waals surface area contributed by atoms with Gasteiger partial charge in [-0.25, -0.2) is 0 Å². The zero-order chi connectivity index (χ0) is 6.24. The van der Waals surface area contributed by atoms with Crippen LogP contribution in [0.25, 0.3) is 0 Å². The van der Waals surface area contributed by atoms with Gasteiger partial charge in [-0.1, -0.05) is 49.6 Å². The average molecular weight is 130 g/mol. The Bertz CT molecular complexity index is 105. The minimum absolute atomic E-state index is 0. The molecule has 0 atom stereocenters. The Balaban J connectivity index is 0. The maximum atomic E-state index is 3.51. The second-order valence-electron chi connectivity index (χ2n) is 1.24. The summed E-state index contributed by atoms with van der Waals surface area (Å²) in [5.41, 5.74) is 0. The average Bonchev–Trinajstić information content (AvgIpc) is 1.81. The van der Waals surface area contributed by atoms with Gasteiger partial charge in [-0.3, -0.25) is 0 Å². The molecule has 0 rings (SSSR count). The molecule has 0 aromatic heterocycles. The summed E-state index contributed by atoms with van der Waals surface area (Å²) in [4.78, 5) is 0. The third-order valence-corrected chi connectivity index (χ3v) is 0.605. The molecular weight excluding hydrogens is 119 g/mol. The first-order valence-electron chi connectivity index (χ1n) is 2.48. The summed E-state index contributed by atoms with van der Waals surface area (Å²) in [7, 11) is 0. The fraction of sp³-hybridized carbons (Fsp3) is 0. The molecule has 0 radical (unpaired) electrons. The first kappa shape index (κ1) is 11.7. The molecule has 0 aliphatic rings. The van der Waals surface area contributed by atoms with E-state index in [0.717, 1.165) is 0 Å². The van der Waals surface area contributed by atoms with Crippen LogP contribution in [-0.2, 0) is 0 Å². The summed E-state index contributed by atoms with van der Waals surface area (Å²) in [6, 6.07) is 0. The Labute approximate surface area is 78.9 Å². The summed E-state index contributed by atoms with van der Waals surface area (Å²) >= 11 is 0. The molecule has 0 saturated heterocycles. The van der Waals surface area contributed by atoms with E-state index in [2.05, 4.69) is 13.2 Å². The van der Waals surface area contributed by atoms with Crippen molar-refractivity contribution >= 4 is 29.6 Å². The molecule has 0 unspecified atom stereocenters. The monoisotopic (exact) mass is 130 g/mol. The van der Waals surface area contributed by atoms with Crippen LogP contribution in [0.1, 0.15) is 0 Å². The van der Waals surface area contributed by atoms with E-state index in [1.165, 1.54) is 0 Å². The molecule has 0 aromatic carbocycles. The van der Waals surface area contributed by atoms with Crippen LogP contribution >= 0.6 is 0 Å². The van der Waals surface area contributed by atoms with E-state index < -0.39 is 0 Å². The van der Waals surface area contributed by atoms with Crippen molar-refractivity contribution in [3.63, 3.8) is 0 Å². The minimum atomic E-state index is 0. The van der Waals surface area contributed by atoms with Crippen LogP contribution in [0.4, 0.5) is 0 Å². The Morgan fingerprint density at radius 1 is 0.667 bits per heavy atom. The first-order valence-corrected chi connectivity index (χ1v) is 2.48. The van der Waals surface area contributed by atoms with Gasteiger partial charge in [0.05, 0.1) is 0 Å². The second-order valence-corrected chi connectivity index (χ2v) is 1.24. The van der Waals surface area contributed by atoms with E-state index in [1.54, 1.807) is 12.2 Å². The molecule has 0 aromatic rings. The van der Waals surface area contributed by atoms with Crippen molar-refractivity contribution in [1.29, 1.82) is 0 Å².